The summed E-state index contributed by atoms with van der Waals surface area (Å²) in [4.78, 5) is 50.9. The van der Waals surface area contributed by atoms with Crippen molar-refractivity contribution in [3.8, 4) is 0 Å². The van der Waals surface area contributed by atoms with Crippen LogP contribution in [0, 0.1) is 5.92 Å². The Morgan fingerprint density at radius 1 is 1.37 bits per heavy atom. The molecule has 2 N–H and O–H groups in total. The number of thiophene rings is 1. The van der Waals surface area contributed by atoms with Gasteiger partial charge in [-0.1, -0.05) is 6.92 Å². The Hall–Kier alpha value is -2.42. The van der Waals surface area contributed by atoms with Gasteiger partial charge in [0.1, 0.15) is 17.1 Å². The van der Waals surface area contributed by atoms with Crippen LogP contribution in [0.5, 0.6) is 0 Å². The predicted molar refractivity (Wildman–Crippen MR) is 99.8 cm³/mol. The van der Waals surface area contributed by atoms with Crippen LogP contribution in [0.25, 0.3) is 0 Å². The molecule has 1 aromatic rings. The molecule has 0 radical (unpaired) electrons. The maximum atomic E-state index is 12.5. The van der Waals surface area contributed by atoms with Crippen molar-refractivity contribution >= 4 is 40.2 Å². The molecular formula is C18H23N3O5S. The zero-order chi connectivity index (χ0) is 19.9. The number of rotatable bonds is 4. The van der Waals surface area contributed by atoms with E-state index in [0.29, 0.717) is 16.5 Å². The number of carbonyl (C=O) groups is 4. The molecule has 27 heavy (non-hydrogen) atoms. The first-order valence-corrected chi connectivity index (χ1v) is 9.62. The van der Waals surface area contributed by atoms with Crippen molar-refractivity contribution in [3.63, 3.8) is 0 Å². The summed E-state index contributed by atoms with van der Waals surface area (Å²) in [5.74, 6) is -0.977. The fraction of sp³-hybridized carbons (Fsp3) is 0.556. The molecule has 0 bridgehead atoms. The van der Waals surface area contributed by atoms with Crippen LogP contribution in [-0.4, -0.2) is 47.9 Å². The van der Waals surface area contributed by atoms with Gasteiger partial charge in [-0.2, -0.15) is 0 Å². The largest absolute Gasteiger partial charge is 0.465 e. The van der Waals surface area contributed by atoms with Gasteiger partial charge in [0.2, 0.25) is 5.91 Å². The van der Waals surface area contributed by atoms with Crippen LogP contribution >= 0.6 is 11.3 Å². The quantitative estimate of drug-likeness (QED) is 0.601. The minimum Gasteiger partial charge on any atom is -0.465 e. The molecule has 0 aromatic carbocycles. The number of fused-ring (bicyclic) bond motifs is 1. The molecule has 0 unspecified atom stereocenters. The topological polar surface area (TPSA) is 105 Å². The number of esters is 1. The van der Waals surface area contributed by atoms with Gasteiger partial charge < -0.3 is 15.4 Å². The normalized spacial score (nSPS) is 20.9. The number of methoxy groups -OCH3 is 1. The number of hydrogen-bond donors (Lipinski definition) is 2. The average molecular weight is 393 g/mol. The van der Waals surface area contributed by atoms with Crippen LogP contribution in [0.4, 0.5) is 9.80 Å². The number of anilines is 1. The van der Waals surface area contributed by atoms with Crippen molar-refractivity contribution in [2.24, 2.45) is 5.92 Å². The van der Waals surface area contributed by atoms with Gasteiger partial charge in [-0.25, -0.2) is 9.59 Å². The van der Waals surface area contributed by atoms with E-state index in [1.165, 1.54) is 18.4 Å². The van der Waals surface area contributed by atoms with E-state index in [1.54, 1.807) is 13.8 Å². The summed E-state index contributed by atoms with van der Waals surface area (Å²) in [7, 11) is 1.30. The molecular weight excluding hydrogens is 370 g/mol. The second-order valence-electron chi connectivity index (χ2n) is 7.54. The molecule has 2 heterocycles. The molecule has 0 saturated carbocycles. The first-order valence-electron chi connectivity index (χ1n) is 8.81. The van der Waals surface area contributed by atoms with E-state index in [0.717, 1.165) is 34.6 Å². The zero-order valence-corrected chi connectivity index (χ0v) is 16.6. The number of amides is 4. The van der Waals surface area contributed by atoms with Crippen LogP contribution < -0.4 is 10.6 Å². The number of imide groups is 1. The van der Waals surface area contributed by atoms with Crippen molar-refractivity contribution in [1.29, 1.82) is 0 Å². The highest BCUT2D eigenvalue weighted by molar-refractivity contribution is 7.17. The predicted octanol–water partition coefficient (Wildman–Crippen LogP) is 1.93. The van der Waals surface area contributed by atoms with E-state index < -0.39 is 35.9 Å². The molecule has 146 valence electrons. The van der Waals surface area contributed by atoms with Crippen molar-refractivity contribution in [2.75, 3.05) is 19.0 Å². The molecule has 1 aliphatic carbocycles. The van der Waals surface area contributed by atoms with E-state index in [2.05, 4.69) is 17.6 Å². The molecule has 4 amide bonds. The minimum absolute atomic E-state index is 0.385. The fourth-order valence-electron chi connectivity index (χ4n) is 3.43. The molecule has 2 aliphatic rings. The Labute approximate surface area is 161 Å². The van der Waals surface area contributed by atoms with Crippen molar-refractivity contribution < 1.29 is 23.9 Å². The maximum Gasteiger partial charge on any atom is 0.341 e. The van der Waals surface area contributed by atoms with Gasteiger partial charge in [0, 0.05) is 4.88 Å². The monoisotopic (exact) mass is 393 g/mol. The summed E-state index contributed by atoms with van der Waals surface area (Å²) in [6.45, 7) is 4.90. The van der Waals surface area contributed by atoms with Crippen molar-refractivity contribution in [3.05, 3.63) is 16.0 Å². The summed E-state index contributed by atoms with van der Waals surface area (Å²) in [5, 5.41) is 5.64. The molecule has 3 rings (SSSR count). The van der Waals surface area contributed by atoms with Gasteiger partial charge in [-0.15, -0.1) is 11.3 Å². The van der Waals surface area contributed by atoms with Crippen LogP contribution in [-0.2, 0) is 27.2 Å². The maximum absolute atomic E-state index is 12.5. The molecule has 1 saturated heterocycles. The summed E-state index contributed by atoms with van der Waals surface area (Å²) in [5.41, 5.74) is 0.277. The first kappa shape index (κ1) is 19.3. The second kappa shape index (κ2) is 6.95. The number of ether oxygens (including phenoxy) is 1. The molecule has 1 fully saturated rings. The van der Waals surface area contributed by atoms with Crippen LogP contribution in [0.3, 0.4) is 0 Å². The Kier molecular flexibility index (Phi) is 4.98. The Balaban J connectivity index is 1.81. The lowest BCUT2D eigenvalue weighted by Crippen LogP contribution is -2.41. The molecule has 9 heteroatoms. The van der Waals surface area contributed by atoms with Crippen LogP contribution in [0.1, 0.15) is 48.0 Å². The number of carbonyl (C=O) groups excluding carboxylic acids is 4. The van der Waals surface area contributed by atoms with E-state index in [9.17, 15) is 19.2 Å². The minimum atomic E-state index is -1.04. The number of nitrogens with zero attached hydrogens (tertiary/aromatic N) is 1. The Morgan fingerprint density at radius 3 is 2.67 bits per heavy atom. The average Bonchev–Trinajstić information content (AvgIpc) is 3.02. The van der Waals surface area contributed by atoms with Gasteiger partial charge in [0.15, 0.2) is 0 Å². The summed E-state index contributed by atoms with van der Waals surface area (Å²) < 4.78 is 4.89. The highest BCUT2D eigenvalue weighted by atomic mass is 32.1. The summed E-state index contributed by atoms with van der Waals surface area (Å²) in [6, 6.07) is -0.604. The Bertz CT molecular complexity index is 829. The summed E-state index contributed by atoms with van der Waals surface area (Å²) >= 11 is 1.36. The highest BCUT2D eigenvalue weighted by Crippen LogP contribution is 2.40. The fourth-order valence-corrected chi connectivity index (χ4v) is 4.84. The lowest BCUT2D eigenvalue weighted by molar-refractivity contribution is -0.132. The molecule has 1 atom stereocenters. The molecule has 1 aromatic heterocycles. The third-order valence-corrected chi connectivity index (χ3v) is 6.07. The number of nitrogens with one attached hydrogen (secondary N) is 2. The molecule has 8 nitrogen and oxygen atoms in total. The number of urea groups is 1. The smallest absolute Gasteiger partial charge is 0.341 e. The summed E-state index contributed by atoms with van der Waals surface area (Å²) in [6.07, 6.45) is 2.58. The SMILES string of the molecule is COC(=O)c1c(NC(=O)CN2C(=O)NC(C)(C)C2=O)sc2c1CC[C@@H](C)C2. The third kappa shape index (κ3) is 3.55. The second-order valence-corrected chi connectivity index (χ2v) is 8.65. The highest BCUT2D eigenvalue weighted by Gasteiger charge is 2.45. The lowest BCUT2D eigenvalue weighted by Gasteiger charge is -2.18. The van der Waals surface area contributed by atoms with Crippen LogP contribution in [0.2, 0.25) is 0 Å². The third-order valence-electron chi connectivity index (χ3n) is 4.90. The van der Waals surface area contributed by atoms with Crippen LogP contribution in [0.15, 0.2) is 0 Å². The van der Waals surface area contributed by atoms with E-state index in [1.807, 2.05) is 0 Å². The zero-order valence-electron chi connectivity index (χ0n) is 15.8. The van der Waals surface area contributed by atoms with Gasteiger partial charge in [0.05, 0.1) is 12.7 Å². The van der Waals surface area contributed by atoms with E-state index in [4.69, 9.17) is 4.74 Å². The molecule has 0 spiro atoms. The van der Waals surface area contributed by atoms with Gasteiger partial charge in [0.25, 0.3) is 5.91 Å². The van der Waals surface area contributed by atoms with Crippen molar-refractivity contribution in [1.82, 2.24) is 10.2 Å². The van der Waals surface area contributed by atoms with Gasteiger partial charge >= 0.3 is 12.0 Å². The number of hydrogen-bond acceptors (Lipinski definition) is 6. The standard InChI is InChI=1S/C18H23N3O5S/c1-9-5-6-10-11(7-9)27-14(13(10)15(23)26-4)19-12(22)8-21-16(24)18(2,3)20-17(21)25/h9H,5-8H2,1-4H3,(H,19,22)(H,20,25)/t9-/m1/s1. The lowest BCUT2D eigenvalue weighted by atomic mass is 9.88. The first-order chi connectivity index (χ1) is 12.6. The van der Waals surface area contributed by atoms with Gasteiger partial charge in [-0.05, 0) is 44.6 Å². The van der Waals surface area contributed by atoms with E-state index >= 15 is 0 Å². The van der Waals surface area contributed by atoms with Gasteiger partial charge in [-0.3, -0.25) is 14.5 Å². The molecule has 1 aliphatic heterocycles. The van der Waals surface area contributed by atoms with Crippen molar-refractivity contribution in [2.45, 2.75) is 45.6 Å². The van der Waals surface area contributed by atoms with E-state index in [-0.39, 0.29) is 0 Å². The Morgan fingerprint density at radius 2 is 2.07 bits per heavy atom.